The fraction of sp³-hybridized carbons (Fsp3) is 0.677. The summed E-state index contributed by atoms with van der Waals surface area (Å²) in [5.41, 5.74) is -0.288. The normalized spacial score (nSPS) is 19.1. The molecule has 3 aliphatic rings. The largest absolute Gasteiger partial charge is 1.00 e. The van der Waals surface area contributed by atoms with Gasteiger partial charge in [-0.3, -0.25) is 9.59 Å². The van der Waals surface area contributed by atoms with E-state index >= 15 is 0 Å². The highest BCUT2D eigenvalue weighted by molar-refractivity contribution is 6.04. The van der Waals surface area contributed by atoms with Gasteiger partial charge in [0.05, 0.1) is 17.9 Å². The van der Waals surface area contributed by atoms with Crippen molar-refractivity contribution in [3.05, 3.63) is 30.3 Å². The van der Waals surface area contributed by atoms with Crippen LogP contribution in [0.15, 0.2) is 30.3 Å². The molecule has 0 N–H and O–H groups in total. The van der Waals surface area contributed by atoms with Crippen molar-refractivity contribution >= 4 is 29.8 Å². The lowest BCUT2D eigenvalue weighted by Gasteiger charge is -2.52. The molecule has 230 valence electrons. The average molecular weight is 576 g/mol. The lowest BCUT2D eigenvalue weighted by atomic mass is 9.71. The summed E-state index contributed by atoms with van der Waals surface area (Å²) in [4.78, 5) is 53.3. The number of benzene rings is 1. The summed E-state index contributed by atoms with van der Waals surface area (Å²) in [6.45, 7) is 16.4. The number of carbonyl (C=O) groups is 4. The van der Waals surface area contributed by atoms with Crippen molar-refractivity contribution in [1.29, 1.82) is 0 Å². The highest BCUT2D eigenvalue weighted by atomic mass is 16.6. The minimum Gasteiger partial charge on any atom is -1.00 e. The van der Waals surface area contributed by atoms with E-state index in [4.69, 9.17) is 14.2 Å². The number of carbonyl (C=O) groups excluding carboxylic acids is 4. The zero-order valence-electron chi connectivity index (χ0n) is 26.7. The van der Waals surface area contributed by atoms with Gasteiger partial charge in [0.2, 0.25) is 5.91 Å². The molecule has 0 atom stereocenters. The number of esters is 1. The third kappa shape index (κ3) is 8.84. The highest BCUT2D eigenvalue weighted by Crippen LogP contribution is 2.44. The van der Waals surface area contributed by atoms with E-state index in [0.29, 0.717) is 58.5 Å². The van der Waals surface area contributed by atoms with Crippen LogP contribution in [-0.2, 0) is 23.8 Å². The van der Waals surface area contributed by atoms with Crippen molar-refractivity contribution in [3.63, 3.8) is 0 Å². The smallest absolute Gasteiger partial charge is 0.410 e. The maximum atomic E-state index is 12.6. The van der Waals surface area contributed by atoms with Crippen LogP contribution in [0.5, 0.6) is 0 Å². The first kappa shape index (κ1) is 32.2. The van der Waals surface area contributed by atoms with Crippen molar-refractivity contribution in [2.24, 2.45) is 11.3 Å². The predicted molar refractivity (Wildman–Crippen MR) is 157 cm³/mol. The Labute approximate surface area is 245 Å². The minimum absolute atomic E-state index is 0. The maximum Gasteiger partial charge on any atom is 0.410 e. The monoisotopic (exact) mass is 575 g/mol. The highest BCUT2D eigenvalue weighted by Gasteiger charge is 2.54. The molecule has 3 amide bonds. The molecule has 0 radical (unpaired) electrons. The average Bonchev–Trinajstić information content (AvgIpc) is 2.91. The van der Waals surface area contributed by atoms with Gasteiger partial charge in [-0.15, -0.1) is 0 Å². The van der Waals surface area contributed by atoms with Gasteiger partial charge in [0.1, 0.15) is 11.2 Å². The van der Waals surface area contributed by atoms with Crippen molar-refractivity contribution in [3.8, 4) is 0 Å². The van der Waals surface area contributed by atoms with Gasteiger partial charge in [-0.25, -0.2) is 9.59 Å². The van der Waals surface area contributed by atoms with Crippen LogP contribution in [0.1, 0.15) is 75.6 Å². The van der Waals surface area contributed by atoms with Crippen LogP contribution in [-0.4, -0.2) is 84.4 Å². The lowest BCUT2D eigenvalue weighted by Crippen LogP contribution is -2.65. The topological polar surface area (TPSA) is 106 Å². The van der Waals surface area contributed by atoms with E-state index in [9.17, 15) is 19.2 Å². The fourth-order valence-corrected chi connectivity index (χ4v) is 5.15. The van der Waals surface area contributed by atoms with E-state index in [1.165, 1.54) is 0 Å². The van der Waals surface area contributed by atoms with E-state index in [1.54, 1.807) is 16.7 Å². The number of para-hydroxylation sites is 1. The summed E-state index contributed by atoms with van der Waals surface area (Å²) < 4.78 is 15.7. The van der Waals surface area contributed by atoms with Gasteiger partial charge in [-0.1, -0.05) is 18.2 Å². The summed E-state index contributed by atoms with van der Waals surface area (Å²) in [6, 6.07) is 9.75. The number of β-lactam (4-membered cyclic amide) rings is 1. The molecule has 3 fully saturated rings. The van der Waals surface area contributed by atoms with Gasteiger partial charge in [-0.2, -0.15) is 0 Å². The molecule has 3 saturated heterocycles. The molecular formula is C31H48N3O7-. The summed E-state index contributed by atoms with van der Waals surface area (Å²) in [5, 5.41) is 0. The molecule has 0 aromatic heterocycles. The molecule has 0 saturated carbocycles. The van der Waals surface area contributed by atoms with Crippen molar-refractivity contribution in [2.75, 3.05) is 44.2 Å². The third-order valence-electron chi connectivity index (χ3n) is 7.37. The number of rotatable bonds is 3. The number of amides is 3. The Balaban J connectivity index is 0.000000296. The van der Waals surface area contributed by atoms with Crippen molar-refractivity contribution < 1.29 is 34.8 Å². The molecule has 1 aromatic rings. The van der Waals surface area contributed by atoms with Crippen molar-refractivity contribution in [1.82, 2.24) is 9.80 Å². The second kappa shape index (κ2) is 13.1. The Morgan fingerprint density at radius 1 is 0.854 bits per heavy atom. The van der Waals surface area contributed by atoms with Crippen molar-refractivity contribution in [2.45, 2.75) is 85.4 Å². The Bertz CT molecular complexity index is 1070. The first-order valence-electron chi connectivity index (χ1n) is 14.6. The van der Waals surface area contributed by atoms with Crippen LogP contribution in [0.25, 0.3) is 0 Å². The summed E-state index contributed by atoms with van der Waals surface area (Å²) in [6.07, 6.45) is 2.16. The van der Waals surface area contributed by atoms with Crippen LogP contribution >= 0.6 is 0 Å². The summed E-state index contributed by atoms with van der Waals surface area (Å²) in [5.74, 6) is -0.0440. The quantitative estimate of drug-likeness (QED) is 0.271. The number of hydrogen-bond acceptors (Lipinski definition) is 7. The molecule has 0 aliphatic carbocycles. The second-order valence-corrected chi connectivity index (χ2v) is 13.0. The van der Waals surface area contributed by atoms with Crippen LogP contribution in [0.2, 0.25) is 0 Å². The Morgan fingerprint density at radius 3 is 1.78 bits per heavy atom. The zero-order chi connectivity index (χ0) is 30.4. The van der Waals surface area contributed by atoms with E-state index in [0.717, 1.165) is 12.2 Å². The van der Waals surface area contributed by atoms with Gasteiger partial charge in [0.25, 0.3) is 0 Å². The van der Waals surface area contributed by atoms with Gasteiger partial charge >= 0.3 is 18.2 Å². The zero-order valence-corrected chi connectivity index (χ0v) is 25.7. The van der Waals surface area contributed by atoms with Crippen LogP contribution in [0.4, 0.5) is 15.3 Å². The fourth-order valence-electron chi connectivity index (χ4n) is 5.15. The van der Waals surface area contributed by atoms with Crippen LogP contribution < -0.4 is 4.90 Å². The Morgan fingerprint density at radius 2 is 1.34 bits per heavy atom. The van der Waals surface area contributed by atoms with Gasteiger partial charge < -0.3 is 30.3 Å². The summed E-state index contributed by atoms with van der Waals surface area (Å²) >= 11 is 0. The molecule has 0 bridgehead atoms. The van der Waals surface area contributed by atoms with E-state index in [-0.39, 0.29) is 36.8 Å². The van der Waals surface area contributed by atoms with E-state index < -0.39 is 11.2 Å². The number of hydrogen-bond donors (Lipinski definition) is 0. The molecule has 3 heterocycles. The SMILES string of the molecule is CC(C)(C)OC(=O)N1CCC2(CC1)CN(c1ccccc1)C2=O.CCOC(=O)C1CCN(C(=O)OC(C)(C)C)CC1.[2H-]. The maximum absolute atomic E-state index is 12.6. The van der Waals surface area contributed by atoms with Crippen LogP contribution in [0.3, 0.4) is 0 Å². The minimum atomic E-state index is -0.484. The third-order valence-corrected chi connectivity index (χ3v) is 7.37. The first-order chi connectivity index (χ1) is 19.1. The van der Waals surface area contributed by atoms with Crippen LogP contribution in [0, 0.1) is 11.3 Å². The Kier molecular flexibility index (Phi) is 10.3. The first-order valence-corrected chi connectivity index (χ1v) is 14.6. The molecule has 1 spiro atoms. The van der Waals surface area contributed by atoms with E-state index in [1.807, 2.05) is 76.8 Å². The molecule has 10 nitrogen and oxygen atoms in total. The van der Waals surface area contributed by atoms with Gasteiger partial charge in [0.15, 0.2) is 0 Å². The number of likely N-dealkylation sites (tertiary alicyclic amines) is 2. The number of piperidine rings is 2. The summed E-state index contributed by atoms with van der Waals surface area (Å²) in [7, 11) is 0. The molecular weight excluding hydrogens is 526 g/mol. The molecule has 0 unspecified atom stereocenters. The molecule has 1 aromatic carbocycles. The predicted octanol–water partition coefficient (Wildman–Crippen LogP) is 5.36. The Hall–Kier alpha value is -3.30. The van der Waals surface area contributed by atoms with E-state index in [2.05, 4.69) is 0 Å². The molecule has 10 heteroatoms. The molecule has 41 heavy (non-hydrogen) atoms. The van der Waals surface area contributed by atoms with Gasteiger partial charge in [0, 0.05) is 38.4 Å². The standard InChI is InChI=1S/C18H24N2O3.C13H23NO4.H/c1-17(2,3)23-16(22)19-11-9-18(10-12-19)13-20(15(18)21)14-7-5-4-6-8-14;1-5-17-11(15)10-6-8-14(9-7-10)12(16)18-13(2,3)4;/h4-8H,9-13H2,1-3H3;10H,5-9H2,1-4H3;/q;;-1/i;;1+1. The lowest BCUT2D eigenvalue weighted by molar-refractivity contribution is -0.149. The number of ether oxygens (including phenoxy) is 3. The number of anilines is 1. The molecule has 3 aliphatic heterocycles. The number of nitrogens with zero attached hydrogens (tertiary/aromatic N) is 3. The second-order valence-electron chi connectivity index (χ2n) is 13.0. The molecule has 4 rings (SSSR count). The van der Waals surface area contributed by atoms with Gasteiger partial charge in [-0.05, 0) is 86.3 Å².